The number of benzene rings is 1. The maximum Gasteiger partial charge on any atom is 0.129 e. The van der Waals surface area contributed by atoms with Crippen LogP contribution in [0.2, 0.25) is 0 Å². The minimum atomic E-state index is 0.368. The molecule has 15 heavy (non-hydrogen) atoms. The molecule has 0 amide bonds. The summed E-state index contributed by atoms with van der Waals surface area (Å²) in [7, 11) is 5.65. The average Bonchev–Trinajstić information content (AvgIpc) is 2.16. The number of hydrogen-bond donors (Lipinski definition) is 1. The molecule has 0 fully saturated rings. The normalized spacial score (nSPS) is 10.4. The van der Waals surface area contributed by atoms with E-state index in [2.05, 4.69) is 4.90 Å². The fourth-order valence-electron chi connectivity index (χ4n) is 1.41. The molecule has 0 heterocycles. The van der Waals surface area contributed by atoms with Crippen LogP contribution in [-0.2, 0) is 6.54 Å². The van der Waals surface area contributed by atoms with Gasteiger partial charge in [-0.25, -0.2) is 0 Å². The molecule has 0 unspecified atom stereocenters. The zero-order valence-electron chi connectivity index (χ0n) is 9.28. The minimum absolute atomic E-state index is 0.368. The van der Waals surface area contributed by atoms with Gasteiger partial charge in [-0.15, -0.1) is 0 Å². The lowest BCUT2D eigenvalue weighted by Crippen LogP contribution is -2.14. The molecule has 0 aliphatic heterocycles. The molecule has 0 spiro atoms. The van der Waals surface area contributed by atoms with E-state index in [9.17, 15) is 0 Å². The smallest absolute Gasteiger partial charge is 0.129 e. The van der Waals surface area contributed by atoms with Crippen molar-refractivity contribution in [2.75, 3.05) is 21.2 Å². The van der Waals surface area contributed by atoms with Crippen LogP contribution in [-0.4, -0.2) is 31.1 Å². The SMILES string of the molecule is COc1ccc(CN(C)C)cc1C(N)=S. The second-order valence-electron chi connectivity index (χ2n) is 3.64. The number of nitrogens with two attached hydrogens (primary N) is 1. The fraction of sp³-hybridized carbons (Fsp3) is 0.364. The van der Waals surface area contributed by atoms with Gasteiger partial charge in [-0.1, -0.05) is 18.3 Å². The van der Waals surface area contributed by atoms with Crippen molar-refractivity contribution >= 4 is 17.2 Å². The van der Waals surface area contributed by atoms with E-state index in [-0.39, 0.29) is 0 Å². The lowest BCUT2D eigenvalue weighted by atomic mass is 10.1. The van der Waals surface area contributed by atoms with Crippen molar-refractivity contribution in [1.29, 1.82) is 0 Å². The van der Waals surface area contributed by atoms with Gasteiger partial charge in [-0.05, 0) is 31.8 Å². The fourth-order valence-corrected chi connectivity index (χ4v) is 1.57. The van der Waals surface area contributed by atoms with Crippen molar-refractivity contribution in [3.8, 4) is 5.75 Å². The van der Waals surface area contributed by atoms with Crippen LogP contribution >= 0.6 is 12.2 Å². The minimum Gasteiger partial charge on any atom is -0.496 e. The summed E-state index contributed by atoms with van der Waals surface area (Å²) in [4.78, 5) is 2.46. The van der Waals surface area contributed by atoms with E-state index in [0.29, 0.717) is 4.99 Å². The molecule has 0 aliphatic carbocycles. The molecule has 0 atom stereocenters. The predicted octanol–water partition coefficient (Wildman–Crippen LogP) is 1.39. The van der Waals surface area contributed by atoms with Crippen molar-refractivity contribution in [3.05, 3.63) is 29.3 Å². The molecule has 1 aromatic carbocycles. The standard InChI is InChI=1S/C11H16N2OS/c1-13(2)7-8-4-5-10(14-3)9(6-8)11(12)15/h4-6H,7H2,1-3H3,(H2,12,15). The third-order valence-electron chi connectivity index (χ3n) is 2.03. The summed E-state index contributed by atoms with van der Waals surface area (Å²) in [5.41, 5.74) is 7.60. The van der Waals surface area contributed by atoms with Crippen LogP contribution in [0.15, 0.2) is 18.2 Å². The molecular formula is C11H16N2OS. The van der Waals surface area contributed by atoms with Crippen LogP contribution in [0.1, 0.15) is 11.1 Å². The van der Waals surface area contributed by atoms with Crippen molar-refractivity contribution in [1.82, 2.24) is 4.90 Å². The Morgan fingerprint density at radius 1 is 1.47 bits per heavy atom. The van der Waals surface area contributed by atoms with Gasteiger partial charge in [0, 0.05) is 6.54 Å². The summed E-state index contributed by atoms with van der Waals surface area (Å²) in [6, 6.07) is 5.88. The van der Waals surface area contributed by atoms with Gasteiger partial charge in [0.25, 0.3) is 0 Å². The molecule has 82 valence electrons. The Morgan fingerprint density at radius 3 is 2.60 bits per heavy atom. The highest BCUT2D eigenvalue weighted by Gasteiger charge is 2.07. The molecule has 0 aliphatic rings. The molecule has 0 saturated heterocycles. The summed E-state index contributed by atoms with van der Waals surface area (Å²) in [6.07, 6.45) is 0. The number of rotatable bonds is 4. The van der Waals surface area contributed by atoms with Gasteiger partial charge in [-0.3, -0.25) is 0 Å². The van der Waals surface area contributed by atoms with Gasteiger partial charge in [0.2, 0.25) is 0 Å². The highest BCUT2D eigenvalue weighted by atomic mass is 32.1. The first-order chi connectivity index (χ1) is 7.04. The van der Waals surface area contributed by atoms with Crippen LogP contribution in [0.5, 0.6) is 5.75 Å². The lowest BCUT2D eigenvalue weighted by Gasteiger charge is -2.12. The Morgan fingerprint density at radius 2 is 2.13 bits per heavy atom. The molecule has 3 nitrogen and oxygen atoms in total. The van der Waals surface area contributed by atoms with Gasteiger partial charge in [0.15, 0.2) is 0 Å². The number of thiocarbonyl (C=S) groups is 1. The Bertz CT molecular complexity index is 364. The summed E-state index contributed by atoms with van der Waals surface area (Å²) in [5.74, 6) is 0.727. The van der Waals surface area contributed by atoms with E-state index in [1.807, 2.05) is 32.3 Å². The molecule has 1 aromatic rings. The first kappa shape index (κ1) is 11.9. The van der Waals surface area contributed by atoms with E-state index in [1.165, 1.54) is 5.56 Å². The van der Waals surface area contributed by atoms with E-state index in [1.54, 1.807) is 7.11 Å². The van der Waals surface area contributed by atoms with Gasteiger partial charge in [0.1, 0.15) is 10.7 Å². The van der Waals surface area contributed by atoms with Crippen molar-refractivity contribution in [2.24, 2.45) is 5.73 Å². The Labute approximate surface area is 95.8 Å². The maximum absolute atomic E-state index is 5.63. The van der Waals surface area contributed by atoms with E-state index < -0.39 is 0 Å². The maximum atomic E-state index is 5.63. The number of ether oxygens (including phenoxy) is 1. The second kappa shape index (κ2) is 5.09. The zero-order valence-corrected chi connectivity index (χ0v) is 10.1. The molecule has 0 bridgehead atoms. The third kappa shape index (κ3) is 3.18. The molecule has 0 radical (unpaired) electrons. The van der Waals surface area contributed by atoms with E-state index in [0.717, 1.165) is 17.9 Å². The van der Waals surface area contributed by atoms with E-state index >= 15 is 0 Å². The van der Waals surface area contributed by atoms with Crippen LogP contribution in [0.4, 0.5) is 0 Å². The second-order valence-corrected chi connectivity index (χ2v) is 4.08. The predicted molar refractivity (Wildman–Crippen MR) is 66.3 cm³/mol. The van der Waals surface area contributed by atoms with Gasteiger partial charge < -0.3 is 15.4 Å². The quantitative estimate of drug-likeness (QED) is 0.784. The highest BCUT2D eigenvalue weighted by molar-refractivity contribution is 7.80. The molecular weight excluding hydrogens is 208 g/mol. The summed E-state index contributed by atoms with van der Waals surface area (Å²) in [5, 5.41) is 0. The van der Waals surface area contributed by atoms with Crippen LogP contribution in [0.25, 0.3) is 0 Å². The average molecular weight is 224 g/mol. The summed E-state index contributed by atoms with van der Waals surface area (Å²) < 4.78 is 5.19. The summed E-state index contributed by atoms with van der Waals surface area (Å²) >= 11 is 4.97. The summed E-state index contributed by atoms with van der Waals surface area (Å²) in [6.45, 7) is 0.861. The van der Waals surface area contributed by atoms with E-state index in [4.69, 9.17) is 22.7 Å². The van der Waals surface area contributed by atoms with Crippen molar-refractivity contribution < 1.29 is 4.74 Å². The van der Waals surface area contributed by atoms with Crippen LogP contribution < -0.4 is 10.5 Å². The molecule has 4 heteroatoms. The topological polar surface area (TPSA) is 38.5 Å². The number of hydrogen-bond acceptors (Lipinski definition) is 3. The third-order valence-corrected chi connectivity index (χ3v) is 2.25. The van der Waals surface area contributed by atoms with Gasteiger partial charge in [-0.2, -0.15) is 0 Å². The first-order valence-corrected chi connectivity index (χ1v) is 5.07. The molecule has 0 aromatic heterocycles. The Kier molecular flexibility index (Phi) is 4.05. The van der Waals surface area contributed by atoms with Crippen LogP contribution in [0, 0.1) is 0 Å². The molecule has 0 saturated carbocycles. The van der Waals surface area contributed by atoms with Gasteiger partial charge >= 0.3 is 0 Å². The van der Waals surface area contributed by atoms with Crippen molar-refractivity contribution in [2.45, 2.75) is 6.54 Å². The number of methoxy groups -OCH3 is 1. The molecule has 2 N–H and O–H groups in total. The number of nitrogens with zero attached hydrogens (tertiary/aromatic N) is 1. The van der Waals surface area contributed by atoms with Crippen LogP contribution in [0.3, 0.4) is 0 Å². The van der Waals surface area contributed by atoms with Crippen molar-refractivity contribution in [3.63, 3.8) is 0 Å². The Hall–Kier alpha value is -1.13. The zero-order chi connectivity index (χ0) is 11.4. The monoisotopic (exact) mass is 224 g/mol. The largest absolute Gasteiger partial charge is 0.496 e. The molecule has 1 rings (SSSR count). The van der Waals surface area contributed by atoms with Gasteiger partial charge in [0.05, 0.1) is 12.7 Å². The lowest BCUT2D eigenvalue weighted by molar-refractivity contribution is 0.399. The first-order valence-electron chi connectivity index (χ1n) is 4.66. The Balaban J connectivity index is 3.05. The highest BCUT2D eigenvalue weighted by Crippen LogP contribution is 2.20.